The first-order valence-corrected chi connectivity index (χ1v) is 8.91. The minimum atomic E-state index is -0.188. The lowest BCUT2D eigenvalue weighted by atomic mass is 9.82. The molecule has 0 aromatic rings. The van der Waals surface area contributed by atoms with Crippen LogP contribution in [0.2, 0.25) is 0 Å². The highest BCUT2D eigenvalue weighted by atomic mass is 16.3. The molecule has 1 heterocycles. The molecule has 0 aromatic carbocycles. The number of hydrogen-bond donors (Lipinski definition) is 1. The number of aliphatic hydroxyl groups excluding tert-OH is 1. The number of carbonyl (C=O) groups is 1. The molecule has 2 rings (SSSR count). The molecular formula is C19H32N2O2. The van der Waals surface area contributed by atoms with Gasteiger partial charge in [-0.25, -0.2) is 0 Å². The number of likely N-dealkylation sites (tertiary alicyclic amines) is 1. The number of β-amino-alcohol motifs (C(OH)–C–C–N with tert-alkyl or cyclic N) is 1. The minimum absolute atomic E-state index is 0.127. The SMILES string of the molecule is CCCC(CN1CC(O)C1)N(C)C(=O)C1=CC(C)C(C)C(C)=C1. The molecule has 0 bridgehead atoms. The van der Waals surface area contributed by atoms with Gasteiger partial charge in [0.1, 0.15) is 0 Å². The van der Waals surface area contributed by atoms with Crippen molar-refractivity contribution < 1.29 is 9.90 Å². The highest BCUT2D eigenvalue weighted by Gasteiger charge is 2.30. The zero-order valence-electron chi connectivity index (χ0n) is 15.2. The van der Waals surface area contributed by atoms with Gasteiger partial charge in [0.05, 0.1) is 6.10 Å². The molecule has 0 aromatic heterocycles. The van der Waals surface area contributed by atoms with Crippen LogP contribution in [0.5, 0.6) is 0 Å². The van der Waals surface area contributed by atoms with E-state index in [9.17, 15) is 9.90 Å². The van der Waals surface area contributed by atoms with Gasteiger partial charge in [-0.3, -0.25) is 9.69 Å². The lowest BCUT2D eigenvalue weighted by molar-refractivity contribution is -0.128. The van der Waals surface area contributed by atoms with Crippen LogP contribution in [0.1, 0.15) is 40.5 Å². The number of likely N-dealkylation sites (N-methyl/N-ethyl adjacent to an activating group) is 1. The maximum absolute atomic E-state index is 12.9. The monoisotopic (exact) mass is 320 g/mol. The third-order valence-electron chi connectivity index (χ3n) is 5.48. The second-order valence-corrected chi connectivity index (χ2v) is 7.39. The van der Waals surface area contributed by atoms with Crippen LogP contribution in [0.3, 0.4) is 0 Å². The molecule has 0 spiro atoms. The number of nitrogens with zero attached hydrogens (tertiary/aromatic N) is 2. The van der Waals surface area contributed by atoms with Crippen LogP contribution < -0.4 is 0 Å². The Morgan fingerprint density at radius 3 is 2.61 bits per heavy atom. The van der Waals surface area contributed by atoms with E-state index in [2.05, 4.69) is 44.7 Å². The third-order valence-corrected chi connectivity index (χ3v) is 5.48. The zero-order valence-corrected chi connectivity index (χ0v) is 15.2. The highest BCUT2D eigenvalue weighted by molar-refractivity contribution is 5.96. The molecule has 3 atom stereocenters. The van der Waals surface area contributed by atoms with E-state index >= 15 is 0 Å². The van der Waals surface area contributed by atoms with Crippen molar-refractivity contribution in [1.29, 1.82) is 0 Å². The topological polar surface area (TPSA) is 43.8 Å². The highest BCUT2D eigenvalue weighted by Crippen LogP contribution is 2.29. The van der Waals surface area contributed by atoms with Crippen LogP contribution in [-0.2, 0) is 4.79 Å². The van der Waals surface area contributed by atoms with E-state index in [-0.39, 0.29) is 18.1 Å². The smallest absolute Gasteiger partial charge is 0.253 e. The van der Waals surface area contributed by atoms with Crippen LogP contribution in [0, 0.1) is 11.8 Å². The number of allylic oxidation sites excluding steroid dienone is 2. The van der Waals surface area contributed by atoms with Crippen LogP contribution in [0.15, 0.2) is 23.3 Å². The number of carbonyl (C=O) groups excluding carboxylic acids is 1. The van der Waals surface area contributed by atoms with Crippen molar-refractivity contribution in [2.75, 3.05) is 26.7 Å². The predicted molar refractivity (Wildman–Crippen MR) is 94.1 cm³/mol. The maximum atomic E-state index is 12.9. The Morgan fingerprint density at radius 1 is 1.43 bits per heavy atom. The van der Waals surface area contributed by atoms with Gasteiger partial charge in [0, 0.05) is 38.3 Å². The summed E-state index contributed by atoms with van der Waals surface area (Å²) in [5.74, 6) is 1.04. The van der Waals surface area contributed by atoms with Gasteiger partial charge >= 0.3 is 0 Å². The first-order chi connectivity index (χ1) is 10.8. The zero-order chi connectivity index (χ0) is 17.1. The quantitative estimate of drug-likeness (QED) is 0.817. The molecule has 1 aliphatic heterocycles. The summed E-state index contributed by atoms with van der Waals surface area (Å²) in [5.41, 5.74) is 2.12. The van der Waals surface area contributed by atoms with Gasteiger partial charge in [0.15, 0.2) is 0 Å². The Hall–Kier alpha value is -1.13. The fourth-order valence-corrected chi connectivity index (χ4v) is 3.50. The van der Waals surface area contributed by atoms with Crippen molar-refractivity contribution in [3.8, 4) is 0 Å². The van der Waals surface area contributed by atoms with Gasteiger partial charge in [0.2, 0.25) is 0 Å². The van der Waals surface area contributed by atoms with E-state index in [1.807, 2.05) is 11.9 Å². The van der Waals surface area contributed by atoms with E-state index in [1.54, 1.807) is 0 Å². The molecular weight excluding hydrogens is 288 g/mol. The first kappa shape index (κ1) is 18.2. The molecule has 23 heavy (non-hydrogen) atoms. The average molecular weight is 320 g/mol. The Labute approximate surface area is 140 Å². The molecule has 4 heteroatoms. The Morgan fingerprint density at radius 2 is 2.09 bits per heavy atom. The van der Waals surface area contributed by atoms with Crippen LogP contribution >= 0.6 is 0 Å². The standard InChI is InChI=1S/C19H32N2O2/c1-6-7-17(10-21-11-18(22)12-21)20(5)19(23)16-8-13(2)15(4)14(3)9-16/h8-9,13,15,17-18,22H,6-7,10-12H2,1-5H3. The molecule has 1 amide bonds. The Bertz CT molecular complexity index is 492. The van der Waals surface area contributed by atoms with Crippen molar-refractivity contribution in [3.05, 3.63) is 23.3 Å². The summed E-state index contributed by atoms with van der Waals surface area (Å²) in [5, 5.41) is 9.46. The van der Waals surface area contributed by atoms with Crippen molar-refractivity contribution >= 4 is 5.91 Å². The fourth-order valence-electron chi connectivity index (χ4n) is 3.50. The fraction of sp³-hybridized carbons (Fsp3) is 0.737. The molecule has 0 radical (unpaired) electrons. The molecule has 1 N–H and O–H groups in total. The summed E-state index contributed by atoms with van der Waals surface area (Å²) in [4.78, 5) is 17.1. The first-order valence-electron chi connectivity index (χ1n) is 8.91. The van der Waals surface area contributed by atoms with E-state index in [1.165, 1.54) is 5.57 Å². The number of aliphatic hydroxyl groups is 1. The largest absolute Gasteiger partial charge is 0.390 e. The second kappa shape index (κ2) is 7.63. The summed E-state index contributed by atoms with van der Waals surface area (Å²) >= 11 is 0. The maximum Gasteiger partial charge on any atom is 0.253 e. The minimum Gasteiger partial charge on any atom is -0.390 e. The molecule has 3 unspecified atom stereocenters. The Balaban J connectivity index is 2.05. The van der Waals surface area contributed by atoms with Gasteiger partial charge in [-0.05, 0) is 25.2 Å². The number of rotatable bonds is 6. The summed E-state index contributed by atoms with van der Waals surface area (Å²) in [7, 11) is 1.92. The number of amides is 1. The average Bonchev–Trinajstić information content (AvgIpc) is 2.48. The van der Waals surface area contributed by atoms with E-state index in [4.69, 9.17) is 0 Å². The molecule has 1 saturated heterocycles. The van der Waals surface area contributed by atoms with Crippen molar-refractivity contribution in [3.63, 3.8) is 0 Å². The van der Waals surface area contributed by atoms with Crippen molar-refractivity contribution in [2.45, 2.75) is 52.7 Å². The van der Waals surface area contributed by atoms with Gasteiger partial charge in [-0.2, -0.15) is 0 Å². The Kier molecular flexibility index (Phi) is 6.04. The molecule has 0 saturated carbocycles. The van der Waals surface area contributed by atoms with Gasteiger partial charge < -0.3 is 10.0 Å². The summed E-state index contributed by atoms with van der Waals surface area (Å²) in [6.07, 6.45) is 6.04. The molecule has 4 nitrogen and oxygen atoms in total. The molecule has 130 valence electrons. The summed E-state index contributed by atoms with van der Waals surface area (Å²) < 4.78 is 0. The summed E-state index contributed by atoms with van der Waals surface area (Å²) in [6, 6.07) is 0.212. The van der Waals surface area contributed by atoms with Crippen LogP contribution in [-0.4, -0.2) is 59.6 Å². The van der Waals surface area contributed by atoms with Gasteiger partial charge in [0.25, 0.3) is 5.91 Å². The van der Waals surface area contributed by atoms with Crippen LogP contribution in [0.4, 0.5) is 0 Å². The van der Waals surface area contributed by atoms with E-state index in [0.717, 1.165) is 38.0 Å². The van der Waals surface area contributed by atoms with E-state index < -0.39 is 0 Å². The summed E-state index contributed by atoms with van der Waals surface area (Å²) in [6.45, 7) is 11.0. The lowest BCUT2D eigenvalue weighted by Gasteiger charge is -2.40. The second-order valence-electron chi connectivity index (χ2n) is 7.39. The number of hydrogen-bond acceptors (Lipinski definition) is 3. The third kappa shape index (κ3) is 4.24. The van der Waals surface area contributed by atoms with Gasteiger partial charge in [-0.1, -0.05) is 44.9 Å². The van der Waals surface area contributed by atoms with Crippen molar-refractivity contribution in [2.24, 2.45) is 11.8 Å². The molecule has 2 aliphatic rings. The molecule has 1 fully saturated rings. The van der Waals surface area contributed by atoms with Crippen molar-refractivity contribution in [1.82, 2.24) is 9.80 Å². The van der Waals surface area contributed by atoms with E-state index in [0.29, 0.717) is 11.8 Å². The molecule has 1 aliphatic carbocycles. The van der Waals surface area contributed by atoms with Crippen LogP contribution in [0.25, 0.3) is 0 Å². The normalized spacial score (nSPS) is 27.0. The van der Waals surface area contributed by atoms with Gasteiger partial charge in [-0.15, -0.1) is 0 Å². The lowest BCUT2D eigenvalue weighted by Crippen LogP contribution is -2.56. The predicted octanol–water partition coefficient (Wildman–Crippen LogP) is 2.45.